The molecule has 1 aliphatic heterocycles. The average Bonchev–Trinajstić information content (AvgIpc) is 2.40. The van der Waals surface area contributed by atoms with Crippen molar-refractivity contribution < 1.29 is 4.39 Å². The Balaban J connectivity index is 2.13. The molecule has 18 heavy (non-hydrogen) atoms. The highest BCUT2D eigenvalue weighted by Gasteiger charge is 2.29. The predicted octanol–water partition coefficient (Wildman–Crippen LogP) is 3.71. The highest BCUT2D eigenvalue weighted by atomic mass is 19.1. The fourth-order valence-electron chi connectivity index (χ4n) is 2.47. The third-order valence-corrected chi connectivity index (χ3v) is 4.24. The summed E-state index contributed by atoms with van der Waals surface area (Å²) in [5, 5.41) is 8.73. The van der Waals surface area contributed by atoms with Crippen LogP contribution in [0.3, 0.4) is 0 Å². The molecule has 2 nitrogen and oxygen atoms in total. The van der Waals surface area contributed by atoms with E-state index < -0.39 is 0 Å². The summed E-state index contributed by atoms with van der Waals surface area (Å²) < 4.78 is 13.9. The van der Waals surface area contributed by atoms with Crippen LogP contribution >= 0.6 is 0 Å². The Morgan fingerprint density at radius 1 is 1.39 bits per heavy atom. The largest absolute Gasteiger partial charge is 0.369 e. The Morgan fingerprint density at radius 2 is 2.06 bits per heavy atom. The van der Waals surface area contributed by atoms with Gasteiger partial charge in [-0.2, -0.15) is 5.26 Å². The first-order chi connectivity index (χ1) is 8.58. The molecule has 96 valence electrons. The zero-order valence-electron chi connectivity index (χ0n) is 11.0. The Morgan fingerprint density at radius 3 is 2.56 bits per heavy atom. The fraction of sp³-hybridized carbons (Fsp3) is 0.533. The number of piperidine rings is 1. The van der Waals surface area contributed by atoms with Gasteiger partial charge < -0.3 is 4.90 Å². The molecule has 0 amide bonds. The zero-order valence-corrected chi connectivity index (χ0v) is 11.0. The third-order valence-electron chi connectivity index (χ3n) is 4.24. The van der Waals surface area contributed by atoms with Gasteiger partial charge in [0.25, 0.3) is 0 Å². The minimum Gasteiger partial charge on any atom is -0.369 e. The quantitative estimate of drug-likeness (QED) is 0.795. The van der Waals surface area contributed by atoms with Gasteiger partial charge in [-0.05, 0) is 36.5 Å². The predicted molar refractivity (Wildman–Crippen MR) is 71.0 cm³/mol. The summed E-state index contributed by atoms with van der Waals surface area (Å²) in [5.41, 5.74) is 1.42. The van der Waals surface area contributed by atoms with E-state index in [1.54, 1.807) is 12.1 Å². The second-order valence-corrected chi connectivity index (χ2v) is 5.43. The van der Waals surface area contributed by atoms with Crippen LogP contribution in [0.2, 0.25) is 0 Å². The van der Waals surface area contributed by atoms with Crippen molar-refractivity contribution in [3.05, 3.63) is 29.6 Å². The van der Waals surface area contributed by atoms with Gasteiger partial charge in [0.2, 0.25) is 0 Å². The van der Waals surface area contributed by atoms with E-state index in [-0.39, 0.29) is 5.82 Å². The maximum atomic E-state index is 13.9. The molecule has 2 rings (SSSR count). The average molecular weight is 246 g/mol. The van der Waals surface area contributed by atoms with Crippen molar-refractivity contribution in [2.45, 2.75) is 33.1 Å². The number of hydrogen-bond acceptors (Lipinski definition) is 2. The van der Waals surface area contributed by atoms with Crippen LogP contribution in [0.25, 0.3) is 0 Å². The monoisotopic (exact) mass is 246 g/mol. The number of benzene rings is 1. The number of hydrogen-bond donors (Lipinski definition) is 0. The molecule has 0 spiro atoms. The molecule has 1 fully saturated rings. The molecule has 0 unspecified atom stereocenters. The second-order valence-electron chi connectivity index (χ2n) is 5.43. The van der Waals surface area contributed by atoms with Crippen molar-refractivity contribution in [1.29, 1.82) is 5.26 Å². The standard InChI is InChI=1S/C15H19FN2/c1-3-15(2)6-8-18(9-7-15)14-5-4-12(11-17)10-13(14)16/h4-5,10H,3,6-9H2,1-2H3. The lowest BCUT2D eigenvalue weighted by Gasteiger charge is -2.40. The number of nitriles is 1. The van der Waals surface area contributed by atoms with Crippen LogP contribution in [-0.2, 0) is 0 Å². The zero-order chi connectivity index (χ0) is 13.2. The summed E-state index contributed by atoms with van der Waals surface area (Å²) >= 11 is 0. The van der Waals surface area contributed by atoms with Gasteiger partial charge in [0, 0.05) is 13.1 Å². The van der Waals surface area contributed by atoms with Crippen LogP contribution in [0, 0.1) is 22.6 Å². The molecule has 0 aliphatic carbocycles. The summed E-state index contributed by atoms with van der Waals surface area (Å²) in [5.74, 6) is -0.283. The molecule has 0 N–H and O–H groups in total. The van der Waals surface area contributed by atoms with Gasteiger partial charge in [-0.3, -0.25) is 0 Å². The first kappa shape index (κ1) is 12.9. The molecule has 1 aromatic rings. The highest BCUT2D eigenvalue weighted by Crippen LogP contribution is 2.36. The van der Waals surface area contributed by atoms with Crippen molar-refractivity contribution in [3.8, 4) is 6.07 Å². The lowest BCUT2D eigenvalue weighted by molar-refractivity contribution is 0.237. The minimum atomic E-state index is -0.283. The summed E-state index contributed by atoms with van der Waals surface area (Å²) in [6.07, 6.45) is 3.38. The Kier molecular flexibility index (Phi) is 3.56. The smallest absolute Gasteiger partial charge is 0.147 e. The maximum Gasteiger partial charge on any atom is 0.147 e. The number of anilines is 1. The number of halogens is 1. The van der Waals surface area contributed by atoms with Gasteiger partial charge in [0.05, 0.1) is 17.3 Å². The normalized spacial score (nSPS) is 18.4. The molecule has 0 atom stereocenters. The molecule has 0 radical (unpaired) electrons. The summed E-state index contributed by atoms with van der Waals surface area (Å²) in [6.45, 7) is 6.32. The Labute approximate surface area is 108 Å². The second kappa shape index (κ2) is 4.97. The van der Waals surface area contributed by atoms with E-state index in [2.05, 4.69) is 18.7 Å². The van der Waals surface area contributed by atoms with Gasteiger partial charge in [0.1, 0.15) is 5.82 Å². The van der Waals surface area contributed by atoms with Crippen LogP contribution in [-0.4, -0.2) is 13.1 Å². The molecule has 1 aromatic carbocycles. The van der Waals surface area contributed by atoms with Gasteiger partial charge >= 0.3 is 0 Å². The topological polar surface area (TPSA) is 27.0 Å². The molecule has 1 saturated heterocycles. The maximum absolute atomic E-state index is 13.9. The van der Waals surface area contributed by atoms with Crippen molar-refractivity contribution in [2.24, 2.45) is 5.41 Å². The minimum absolute atomic E-state index is 0.283. The summed E-state index contributed by atoms with van der Waals surface area (Å²) in [6, 6.07) is 6.70. The fourth-order valence-corrected chi connectivity index (χ4v) is 2.47. The van der Waals surface area contributed by atoms with Crippen molar-refractivity contribution in [3.63, 3.8) is 0 Å². The van der Waals surface area contributed by atoms with E-state index in [0.29, 0.717) is 16.7 Å². The molecule has 1 heterocycles. The summed E-state index contributed by atoms with van der Waals surface area (Å²) in [4.78, 5) is 2.09. The van der Waals surface area contributed by atoms with Crippen LogP contribution in [0.4, 0.5) is 10.1 Å². The Bertz CT molecular complexity index is 468. The first-order valence-electron chi connectivity index (χ1n) is 6.52. The van der Waals surface area contributed by atoms with Crippen LogP contribution < -0.4 is 4.90 Å². The SMILES string of the molecule is CCC1(C)CCN(c2ccc(C#N)cc2F)CC1. The number of nitrogens with zero attached hydrogens (tertiary/aromatic N) is 2. The van der Waals surface area contributed by atoms with Crippen molar-refractivity contribution in [1.82, 2.24) is 0 Å². The van der Waals surface area contributed by atoms with E-state index in [0.717, 1.165) is 25.9 Å². The third kappa shape index (κ3) is 2.48. The van der Waals surface area contributed by atoms with Gasteiger partial charge in [-0.1, -0.05) is 20.3 Å². The first-order valence-corrected chi connectivity index (χ1v) is 6.52. The lowest BCUT2D eigenvalue weighted by atomic mass is 9.78. The Hall–Kier alpha value is -1.56. The van der Waals surface area contributed by atoms with E-state index in [1.807, 2.05) is 6.07 Å². The molecule has 0 aromatic heterocycles. The van der Waals surface area contributed by atoms with Crippen molar-refractivity contribution >= 4 is 5.69 Å². The molecule has 1 aliphatic rings. The van der Waals surface area contributed by atoms with Crippen LogP contribution in [0.1, 0.15) is 38.7 Å². The van der Waals surface area contributed by atoms with E-state index in [1.165, 1.54) is 12.5 Å². The molecular weight excluding hydrogens is 227 g/mol. The van der Waals surface area contributed by atoms with E-state index >= 15 is 0 Å². The molecule has 0 bridgehead atoms. The van der Waals surface area contributed by atoms with E-state index in [9.17, 15) is 4.39 Å². The molecule has 0 saturated carbocycles. The molecule has 3 heteroatoms. The van der Waals surface area contributed by atoms with Gasteiger partial charge in [-0.25, -0.2) is 4.39 Å². The summed E-state index contributed by atoms with van der Waals surface area (Å²) in [7, 11) is 0. The van der Waals surface area contributed by atoms with E-state index in [4.69, 9.17) is 5.26 Å². The van der Waals surface area contributed by atoms with Crippen LogP contribution in [0.5, 0.6) is 0 Å². The van der Waals surface area contributed by atoms with Gasteiger partial charge in [-0.15, -0.1) is 0 Å². The number of rotatable bonds is 2. The lowest BCUT2D eigenvalue weighted by Crippen LogP contribution is -2.38. The van der Waals surface area contributed by atoms with Crippen molar-refractivity contribution in [2.75, 3.05) is 18.0 Å². The highest BCUT2D eigenvalue weighted by molar-refractivity contribution is 5.51. The van der Waals surface area contributed by atoms with Crippen LogP contribution in [0.15, 0.2) is 18.2 Å². The van der Waals surface area contributed by atoms with Gasteiger partial charge in [0.15, 0.2) is 0 Å². The molecular formula is C15H19FN2.